The van der Waals surface area contributed by atoms with Crippen molar-refractivity contribution in [2.45, 2.75) is 20.3 Å². The van der Waals surface area contributed by atoms with Crippen molar-refractivity contribution >= 4 is 33.2 Å². The summed E-state index contributed by atoms with van der Waals surface area (Å²) in [5.74, 6) is 0.203. The molecule has 0 bridgehead atoms. The number of sulfonamides is 1. The van der Waals surface area contributed by atoms with E-state index in [1.54, 1.807) is 24.3 Å². The van der Waals surface area contributed by atoms with E-state index < -0.39 is 15.9 Å². The van der Waals surface area contributed by atoms with E-state index in [0.717, 1.165) is 28.1 Å². The number of carbonyl (C=O) groups excluding carboxylic acids is 1. The predicted octanol–water partition coefficient (Wildman–Crippen LogP) is 3.17. The molecule has 0 spiro atoms. The summed E-state index contributed by atoms with van der Waals surface area (Å²) in [5.41, 5.74) is 2.51. The Kier molecular flexibility index (Phi) is 7.71. The van der Waals surface area contributed by atoms with Crippen LogP contribution in [0.25, 0.3) is 0 Å². The maximum absolute atomic E-state index is 12.2. The van der Waals surface area contributed by atoms with E-state index in [1.807, 2.05) is 32.0 Å². The van der Waals surface area contributed by atoms with E-state index in [4.69, 9.17) is 16.3 Å². The fourth-order valence-corrected chi connectivity index (χ4v) is 3.53. The number of nitrogens with one attached hydrogen (secondary N) is 1. The van der Waals surface area contributed by atoms with Crippen LogP contribution < -0.4 is 14.4 Å². The van der Waals surface area contributed by atoms with Crippen LogP contribution in [0.3, 0.4) is 0 Å². The van der Waals surface area contributed by atoms with Crippen LogP contribution in [0.1, 0.15) is 18.1 Å². The van der Waals surface area contributed by atoms with Gasteiger partial charge < -0.3 is 10.1 Å². The second-order valence-electron chi connectivity index (χ2n) is 6.40. The molecule has 0 aromatic heterocycles. The lowest BCUT2D eigenvalue weighted by Gasteiger charge is -2.22. The number of hydrogen-bond donors (Lipinski definition) is 1. The lowest BCUT2D eigenvalue weighted by molar-refractivity contribution is -0.119. The third kappa shape index (κ3) is 6.42. The summed E-state index contributed by atoms with van der Waals surface area (Å²) < 4.78 is 30.8. The van der Waals surface area contributed by atoms with Crippen molar-refractivity contribution < 1.29 is 17.9 Å². The first-order valence-corrected chi connectivity index (χ1v) is 11.2. The van der Waals surface area contributed by atoms with Crippen LogP contribution >= 0.6 is 11.6 Å². The van der Waals surface area contributed by atoms with Crippen LogP contribution in [0.4, 0.5) is 5.69 Å². The van der Waals surface area contributed by atoms with Gasteiger partial charge in [-0.1, -0.05) is 36.7 Å². The number of nitrogens with zero attached hydrogens (tertiary/aromatic N) is 1. The molecule has 0 heterocycles. The second-order valence-corrected chi connectivity index (χ2v) is 8.71. The van der Waals surface area contributed by atoms with E-state index in [9.17, 15) is 13.2 Å². The van der Waals surface area contributed by atoms with Crippen LogP contribution in [0.5, 0.6) is 5.75 Å². The van der Waals surface area contributed by atoms with Gasteiger partial charge in [-0.3, -0.25) is 9.10 Å². The molecule has 0 saturated heterocycles. The lowest BCUT2D eigenvalue weighted by atomic mass is 10.1. The summed E-state index contributed by atoms with van der Waals surface area (Å²) in [5, 5.41) is 3.28. The topological polar surface area (TPSA) is 75.7 Å². The highest BCUT2D eigenvalue weighted by Crippen LogP contribution is 2.21. The third-order valence-corrected chi connectivity index (χ3v) is 5.70. The number of aryl methyl sites for hydroxylation is 2. The van der Waals surface area contributed by atoms with Crippen molar-refractivity contribution in [3.05, 3.63) is 58.6 Å². The second kappa shape index (κ2) is 9.80. The standard InChI is InChI=1S/C20H25ClN2O4S/c1-4-16-6-8-17(9-7-16)23(28(3,25)26)14-20(24)22-11-12-27-18-10-5-15(2)19(21)13-18/h5-10,13H,4,11-12,14H2,1-3H3,(H,22,24). The SMILES string of the molecule is CCc1ccc(N(CC(=O)NCCOc2ccc(C)c(Cl)c2)S(C)(=O)=O)cc1. The molecule has 28 heavy (non-hydrogen) atoms. The monoisotopic (exact) mass is 424 g/mol. The maximum Gasteiger partial charge on any atom is 0.240 e. The molecule has 0 aliphatic carbocycles. The zero-order valence-electron chi connectivity index (χ0n) is 16.2. The molecule has 0 aliphatic heterocycles. The van der Waals surface area contributed by atoms with Gasteiger partial charge in [0.25, 0.3) is 0 Å². The molecule has 0 saturated carbocycles. The third-order valence-electron chi connectivity index (χ3n) is 4.16. The smallest absolute Gasteiger partial charge is 0.240 e. The first kappa shape index (κ1) is 22.0. The number of ether oxygens (including phenoxy) is 1. The molecule has 152 valence electrons. The molecule has 0 radical (unpaired) electrons. The van der Waals surface area contributed by atoms with E-state index in [2.05, 4.69) is 5.32 Å². The summed E-state index contributed by atoms with van der Waals surface area (Å²) >= 11 is 6.04. The molecule has 2 aromatic rings. The van der Waals surface area contributed by atoms with Crippen LogP contribution in [0.15, 0.2) is 42.5 Å². The highest BCUT2D eigenvalue weighted by Gasteiger charge is 2.20. The number of carbonyl (C=O) groups is 1. The van der Waals surface area contributed by atoms with Crippen LogP contribution in [0.2, 0.25) is 5.02 Å². The molecular formula is C20H25ClN2O4S. The Morgan fingerprint density at radius 3 is 2.43 bits per heavy atom. The lowest BCUT2D eigenvalue weighted by Crippen LogP contribution is -2.41. The first-order valence-electron chi connectivity index (χ1n) is 8.93. The van der Waals surface area contributed by atoms with Crippen molar-refractivity contribution in [1.29, 1.82) is 0 Å². The van der Waals surface area contributed by atoms with Gasteiger partial charge in [0.15, 0.2) is 0 Å². The summed E-state index contributed by atoms with van der Waals surface area (Å²) in [7, 11) is -3.59. The molecule has 2 rings (SSSR count). The minimum absolute atomic E-state index is 0.245. The molecule has 0 fully saturated rings. The number of rotatable bonds is 9. The van der Waals surface area contributed by atoms with E-state index in [0.29, 0.717) is 16.5 Å². The van der Waals surface area contributed by atoms with E-state index >= 15 is 0 Å². The zero-order valence-corrected chi connectivity index (χ0v) is 17.8. The van der Waals surface area contributed by atoms with Gasteiger partial charge >= 0.3 is 0 Å². The summed E-state index contributed by atoms with van der Waals surface area (Å²) in [6.07, 6.45) is 1.93. The maximum atomic E-state index is 12.2. The fourth-order valence-electron chi connectivity index (χ4n) is 2.51. The molecule has 1 amide bonds. The zero-order chi connectivity index (χ0) is 20.7. The molecule has 8 heteroatoms. The van der Waals surface area contributed by atoms with Gasteiger partial charge in [0.2, 0.25) is 15.9 Å². The average Bonchev–Trinajstić information content (AvgIpc) is 2.65. The summed E-state index contributed by atoms with van der Waals surface area (Å²) in [6.45, 7) is 4.12. The summed E-state index contributed by atoms with van der Waals surface area (Å²) in [4.78, 5) is 12.2. The number of amides is 1. The van der Waals surface area contributed by atoms with Crippen molar-refractivity contribution in [3.63, 3.8) is 0 Å². The Hall–Kier alpha value is -2.25. The Morgan fingerprint density at radius 2 is 1.86 bits per heavy atom. The molecule has 0 atom stereocenters. The van der Waals surface area contributed by atoms with Gasteiger partial charge in [-0.15, -0.1) is 0 Å². The number of hydrogen-bond acceptors (Lipinski definition) is 4. The normalized spacial score (nSPS) is 11.1. The van der Waals surface area contributed by atoms with Gasteiger partial charge in [0, 0.05) is 5.02 Å². The van der Waals surface area contributed by atoms with Crippen molar-refractivity contribution in [1.82, 2.24) is 5.32 Å². The first-order chi connectivity index (χ1) is 13.2. The Bertz CT molecular complexity index is 914. The van der Waals surface area contributed by atoms with Crippen LogP contribution in [-0.2, 0) is 21.2 Å². The van der Waals surface area contributed by atoms with E-state index in [1.165, 1.54) is 0 Å². The van der Waals surface area contributed by atoms with Crippen molar-refractivity contribution in [2.24, 2.45) is 0 Å². The van der Waals surface area contributed by atoms with Gasteiger partial charge in [-0.25, -0.2) is 8.42 Å². The van der Waals surface area contributed by atoms with Crippen molar-refractivity contribution in [3.8, 4) is 5.75 Å². The van der Waals surface area contributed by atoms with Gasteiger partial charge in [0.05, 0.1) is 18.5 Å². The van der Waals surface area contributed by atoms with Gasteiger partial charge in [-0.05, 0) is 48.7 Å². The Morgan fingerprint density at radius 1 is 1.18 bits per heavy atom. The fraction of sp³-hybridized carbons (Fsp3) is 0.350. The predicted molar refractivity (Wildman–Crippen MR) is 113 cm³/mol. The molecule has 0 unspecified atom stereocenters. The highest BCUT2D eigenvalue weighted by atomic mass is 35.5. The molecule has 1 N–H and O–H groups in total. The van der Waals surface area contributed by atoms with Crippen molar-refractivity contribution in [2.75, 3.05) is 30.3 Å². The quantitative estimate of drug-likeness (QED) is 0.627. The molecule has 6 nitrogen and oxygen atoms in total. The minimum atomic E-state index is -3.59. The highest BCUT2D eigenvalue weighted by molar-refractivity contribution is 7.92. The summed E-state index contributed by atoms with van der Waals surface area (Å²) in [6, 6.07) is 12.5. The van der Waals surface area contributed by atoms with Crippen LogP contribution in [0, 0.1) is 6.92 Å². The van der Waals surface area contributed by atoms with Gasteiger partial charge in [0.1, 0.15) is 18.9 Å². The Balaban J connectivity index is 1.89. The molecule has 0 aliphatic rings. The minimum Gasteiger partial charge on any atom is -0.492 e. The van der Waals surface area contributed by atoms with Crippen LogP contribution in [-0.4, -0.2) is 40.3 Å². The number of anilines is 1. The van der Waals surface area contributed by atoms with Gasteiger partial charge in [-0.2, -0.15) is 0 Å². The van der Waals surface area contributed by atoms with E-state index in [-0.39, 0.29) is 19.7 Å². The average molecular weight is 425 g/mol. The largest absolute Gasteiger partial charge is 0.492 e. The number of benzene rings is 2. The number of halogens is 1. The molecule has 2 aromatic carbocycles. The Labute approximate surface area is 171 Å². The molecular weight excluding hydrogens is 400 g/mol.